The number of hydrogen-bond acceptors (Lipinski definition) is 15. The molecule has 0 aliphatic heterocycles. The van der Waals surface area contributed by atoms with E-state index in [1.807, 2.05) is 0 Å². The molecule has 104 heavy (non-hydrogen) atoms. The van der Waals surface area contributed by atoms with Crippen molar-refractivity contribution in [2.45, 2.75) is 477 Å². The SMILES string of the molecule is CCCCCCCCCCCCCCCCCCCCC(=O)O[C@H](COC(=O)CCCCCCCCCCCCCCCCC(C)C)COP(=O)(O)OC[C@@H](O)COP(=O)(O)OC[C@@H](COC(=O)CCCCCCCCCCCCCCC)OC(=O)CCCCCCCCCCCCCCCCCC. The zero-order chi connectivity index (χ0) is 76.2. The van der Waals surface area contributed by atoms with Crippen LogP contribution in [0.2, 0.25) is 0 Å². The van der Waals surface area contributed by atoms with Gasteiger partial charge in [-0.1, -0.05) is 407 Å². The summed E-state index contributed by atoms with van der Waals surface area (Å²) in [6.07, 6.45) is 70.6. The topological polar surface area (TPSA) is 237 Å². The summed E-state index contributed by atoms with van der Waals surface area (Å²) in [7, 11) is -9.93. The Kier molecular flexibility index (Phi) is 76.3. The average molecular weight is 1520 g/mol. The fourth-order valence-corrected chi connectivity index (χ4v) is 14.9. The molecule has 0 bridgehead atoms. The molecular weight excluding hydrogens is 1350 g/mol. The summed E-state index contributed by atoms with van der Waals surface area (Å²) in [4.78, 5) is 73.2. The number of carbonyl (C=O) groups is 4. The first-order chi connectivity index (χ1) is 50.5. The van der Waals surface area contributed by atoms with Gasteiger partial charge < -0.3 is 33.8 Å². The molecule has 0 radical (unpaired) electrons. The maximum absolute atomic E-state index is 13.1. The highest BCUT2D eigenvalue weighted by Gasteiger charge is 2.30. The minimum atomic E-state index is -4.96. The van der Waals surface area contributed by atoms with Crippen molar-refractivity contribution in [3.8, 4) is 0 Å². The lowest BCUT2D eigenvalue weighted by atomic mass is 10.0. The Hall–Kier alpha value is -1.94. The summed E-state index contributed by atoms with van der Waals surface area (Å²) in [5.41, 5.74) is 0. The molecule has 0 aliphatic rings. The van der Waals surface area contributed by atoms with Crippen molar-refractivity contribution in [2.75, 3.05) is 39.6 Å². The summed E-state index contributed by atoms with van der Waals surface area (Å²) in [5, 5.41) is 10.7. The van der Waals surface area contributed by atoms with Crippen LogP contribution in [0.3, 0.4) is 0 Å². The lowest BCUT2D eigenvalue weighted by molar-refractivity contribution is -0.161. The predicted molar refractivity (Wildman–Crippen MR) is 428 cm³/mol. The average Bonchev–Trinajstić information content (AvgIpc) is 0.903. The highest BCUT2D eigenvalue weighted by Crippen LogP contribution is 2.45. The fraction of sp³-hybridized carbons (Fsp3) is 0.953. The monoisotopic (exact) mass is 1520 g/mol. The first-order valence-electron chi connectivity index (χ1n) is 44.1. The summed E-state index contributed by atoms with van der Waals surface area (Å²) in [5.74, 6) is -1.30. The van der Waals surface area contributed by atoms with Gasteiger partial charge in [-0.25, -0.2) is 9.13 Å². The minimum absolute atomic E-state index is 0.109. The first-order valence-corrected chi connectivity index (χ1v) is 47.1. The lowest BCUT2D eigenvalue weighted by Gasteiger charge is -2.21. The molecule has 0 heterocycles. The van der Waals surface area contributed by atoms with E-state index in [1.165, 1.54) is 283 Å². The zero-order valence-electron chi connectivity index (χ0n) is 68.2. The Labute approximate surface area is 638 Å². The Morgan fingerprint density at radius 2 is 0.442 bits per heavy atom. The van der Waals surface area contributed by atoms with Crippen LogP contribution in [0.4, 0.5) is 0 Å². The highest BCUT2D eigenvalue weighted by molar-refractivity contribution is 7.47. The Morgan fingerprint density at radius 1 is 0.260 bits per heavy atom. The molecule has 618 valence electrons. The van der Waals surface area contributed by atoms with Gasteiger partial charge in [-0.3, -0.25) is 37.3 Å². The standard InChI is InChI=1S/C85H166O17P2/c1-6-9-12-15-18-21-24-27-29-31-32-34-41-46-51-56-61-66-71-85(90)102-81(75-96-83(88)69-64-59-54-49-44-39-36-35-38-42-47-52-57-62-67-78(4)5)77-100-104(93,94)98-73-79(86)72-97-103(91,92)99-76-80(74-95-82(87)68-63-58-53-48-43-37-26-23-20-17-14-11-8-3)101-84(89)70-65-60-55-50-45-40-33-30-28-25-22-19-16-13-10-7-2/h78-81,86H,6-77H2,1-5H3,(H,91,92)(H,93,94)/t79-,80+,81+/m0/s1. The number of aliphatic hydroxyl groups is 1. The van der Waals surface area contributed by atoms with Gasteiger partial charge >= 0.3 is 39.5 Å². The van der Waals surface area contributed by atoms with E-state index in [2.05, 4.69) is 34.6 Å². The maximum atomic E-state index is 13.1. The molecule has 0 aromatic rings. The molecule has 2 unspecified atom stereocenters. The second kappa shape index (κ2) is 77.8. The smallest absolute Gasteiger partial charge is 0.462 e. The number of phosphoric acid groups is 2. The van der Waals surface area contributed by atoms with Gasteiger partial charge in [0.15, 0.2) is 12.2 Å². The predicted octanol–water partition coefficient (Wildman–Crippen LogP) is 26.0. The molecule has 0 saturated carbocycles. The van der Waals surface area contributed by atoms with E-state index in [4.69, 9.17) is 37.0 Å². The summed E-state index contributed by atoms with van der Waals surface area (Å²) in [6.45, 7) is 7.40. The molecular formula is C85H166O17P2. The van der Waals surface area contributed by atoms with E-state index in [0.29, 0.717) is 25.7 Å². The molecule has 0 amide bonds. The van der Waals surface area contributed by atoms with E-state index >= 15 is 0 Å². The molecule has 19 heteroatoms. The molecule has 0 spiro atoms. The van der Waals surface area contributed by atoms with Crippen molar-refractivity contribution < 1.29 is 80.2 Å². The Bertz CT molecular complexity index is 1980. The second-order valence-electron chi connectivity index (χ2n) is 31.1. The van der Waals surface area contributed by atoms with Crippen molar-refractivity contribution >= 4 is 39.5 Å². The van der Waals surface area contributed by atoms with E-state index < -0.39 is 97.5 Å². The van der Waals surface area contributed by atoms with Crippen molar-refractivity contribution in [3.63, 3.8) is 0 Å². The minimum Gasteiger partial charge on any atom is -0.462 e. The van der Waals surface area contributed by atoms with Crippen LogP contribution >= 0.6 is 15.6 Å². The number of ether oxygens (including phenoxy) is 4. The largest absolute Gasteiger partial charge is 0.472 e. The summed E-state index contributed by atoms with van der Waals surface area (Å²) < 4.78 is 68.9. The maximum Gasteiger partial charge on any atom is 0.472 e. The van der Waals surface area contributed by atoms with Crippen LogP contribution in [0.15, 0.2) is 0 Å². The third-order valence-electron chi connectivity index (χ3n) is 20.0. The van der Waals surface area contributed by atoms with Crippen molar-refractivity contribution in [1.82, 2.24) is 0 Å². The summed E-state index contributed by atoms with van der Waals surface area (Å²) in [6, 6.07) is 0. The van der Waals surface area contributed by atoms with Crippen LogP contribution in [0.5, 0.6) is 0 Å². The second-order valence-corrected chi connectivity index (χ2v) is 34.0. The lowest BCUT2D eigenvalue weighted by Crippen LogP contribution is -2.30. The van der Waals surface area contributed by atoms with Crippen LogP contribution in [0.1, 0.15) is 458 Å². The Balaban J connectivity index is 5.27. The van der Waals surface area contributed by atoms with Gasteiger partial charge in [-0.05, 0) is 31.6 Å². The Morgan fingerprint density at radius 3 is 0.654 bits per heavy atom. The number of phosphoric ester groups is 2. The van der Waals surface area contributed by atoms with Gasteiger partial charge in [0.25, 0.3) is 0 Å². The number of aliphatic hydroxyl groups excluding tert-OH is 1. The van der Waals surface area contributed by atoms with Gasteiger partial charge in [-0.2, -0.15) is 0 Å². The van der Waals surface area contributed by atoms with Crippen LogP contribution in [0.25, 0.3) is 0 Å². The van der Waals surface area contributed by atoms with Crippen molar-refractivity contribution in [1.29, 1.82) is 0 Å². The van der Waals surface area contributed by atoms with Crippen molar-refractivity contribution in [3.05, 3.63) is 0 Å². The fourth-order valence-electron chi connectivity index (χ4n) is 13.3. The number of carbonyl (C=O) groups excluding carboxylic acids is 4. The van der Waals surface area contributed by atoms with E-state index in [9.17, 15) is 43.2 Å². The van der Waals surface area contributed by atoms with Gasteiger partial charge in [0.05, 0.1) is 26.4 Å². The molecule has 17 nitrogen and oxygen atoms in total. The van der Waals surface area contributed by atoms with Crippen LogP contribution in [0, 0.1) is 5.92 Å². The molecule has 0 saturated heterocycles. The van der Waals surface area contributed by atoms with Gasteiger partial charge in [-0.15, -0.1) is 0 Å². The molecule has 0 rings (SSSR count). The quantitative estimate of drug-likeness (QED) is 0.0222. The molecule has 3 N–H and O–H groups in total. The van der Waals surface area contributed by atoms with E-state index in [0.717, 1.165) is 95.8 Å². The highest BCUT2D eigenvalue weighted by atomic mass is 31.2. The number of unbranched alkanes of at least 4 members (excludes halogenated alkanes) is 57. The number of rotatable bonds is 85. The molecule has 0 aromatic heterocycles. The normalized spacial score (nSPS) is 13.8. The third kappa shape index (κ3) is 78.2. The van der Waals surface area contributed by atoms with Crippen LogP contribution < -0.4 is 0 Å². The van der Waals surface area contributed by atoms with E-state index in [1.54, 1.807) is 0 Å². The first kappa shape index (κ1) is 102. The van der Waals surface area contributed by atoms with Crippen molar-refractivity contribution in [2.24, 2.45) is 5.92 Å². The van der Waals surface area contributed by atoms with Crippen LogP contribution in [-0.2, 0) is 65.4 Å². The number of esters is 4. The molecule has 0 fully saturated rings. The van der Waals surface area contributed by atoms with Gasteiger partial charge in [0.2, 0.25) is 0 Å². The van der Waals surface area contributed by atoms with E-state index in [-0.39, 0.29) is 25.7 Å². The van der Waals surface area contributed by atoms with Gasteiger partial charge in [0, 0.05) is 25.7 Å². The third-order valence-corrected chi connectivity index (χ3v) is 21.9. The zero-order valence-corrected chi connectivity index (χ0v) is 70.0. The molecule has 0 aromatic carbocycles. The summed E-state index contributed by atoms with van der Waals surface area (Å²) >= 11 is 0. The van der Waals surface area contributed by atoms with Gasteiger partial charge in [0.1, 0.15) is 19.3 Å². The van der Waals surface area contributed by atoms with Crippen LogP contribution in [-0.4, -0.2) is 96.7 Å². The molecule has 0 aliphatic carbocycles. The number of hydrogen-bond donors (Lipinski definition) is 3. The molecule has 5 atom stereocenters.